The Morgan fingerprint density at radius 2 is 1.76 bits per heavy atom. The van der Waals surface area contributed by atoms with Gasteiger partial charge in [0.15, 0.2) is 11.5 Å². The fourth-order valence-electron chi connectivity index (χ4n) is 7.30. The average molecular weight is 632 g/mol. The van der Waals surface area contributed by atoms with Crippen molar-refractivity contribution in [1.82, 2.24) is 14.7 Å². The Kier molecular flexibility index (Phi) is 7.92. The number of hydrogen-bond donors (Lipinski definition) is 1. The maximum absolute atomic E-state index is 14.6. The number of fused-ring (bicyclic) bond motifs is 1. The third-order valence-corrected chi connectivity index (χ3v) is 10.5. The fraction of sp³-hybridized carbons (Fsp3) is 0.586. The first-order valence-corrected chi connectivity index (χ1v) is 14.6. The van der Waals surface area contributed by atoms with Crippen molar-refractivity contribution in [2.45, 2.75) is 71.1 Å². The number of carbonyl (C=O) groups is 3. The molecule has 228 valence electrons. The van der Waals surface area contributed by atoms with E-state index in [9.17, 15) is 37.1 Å². The molecule has 1 amide bonds. The van der Waals surface area contributed by atoms with Gasteiger partial charge in [-0.15, -0.1) is 0 Å². The Morgan fingerprint density at radius 3 is 2.33 bits per heavy atom. The minimum absolute atomic E-state index is 0.0396. The number of aliphatic carboxylic acids is 1. The normalized spacial score (nSPS) is 28.3. The Bertz CT molecular complexity index is 1430. The quantitative estimate of drug-likeness (QED) is 0.199. The maximum atomic E-state index is 14.6. The zero-order valence-corrected chi connectivity index (χ0v) is 24.7. The summed E-state index contributed by atoms with van der Waals surface area (Å²) < 4.78 is 58.7. The summed E-state index contributed by atoms with van der Waals surface area (Å²) in [7, 11) is 0. The van der Waals surface area contributed by atoms with E-state index in [0.29, 0.717) is 12.8 Å². The van der Waals surface area contributed by atoms with Gasteiger partial charge in [-0.2, -0.15) is 18.3 Å². The molecule has 0 spiro atoms. The van der Waals surface area contributed by atoms with Crippen molar-refractivity contribution in [3.05, 3.63) is 51.0 Å². The number of carbonyl (C=O) groups excluding carboxylic acids is 2. The van der Waals surface area contributed by atoms with Crippen LogP contribution >= 0.6 is 23.2 Å². The lowest BCUT2D eigenvalue weighted by molar-refractivity contribution is -0.149. The van der Waals surface area contributed by atoms with Crippen LogP contribution in [0.4, 0.5) is 17.6 Å². The van der Waals surface area contributed by atoms with E-state index in [-0.39, 0.29) is 47.1 Å². The molecule has 1 heterocycles. The van der Waals surface area contributed by atoms with E-state index in [0.717, 1.165) is 27.9 Å². The number of Topliss-reactive ketones (excluding diaryl/α,β-unsaturated/α-hetero) is 1. The Balaban J connectivity index is 1.50. The molecule has 42 heavy (non-hydrogen) atoms. The molecule has 3 fully saturated rings. The van der Waals surface area contributed by atoms with Crippen molar-refractivity contribution < 1.29 is 37.1 Å². The van der Waals surface area contributed by atoms with Gasteiger partial charge in [-0.3, -0.25) is 19.1 Å². The monoisotopic (exact) mass is 631 g/mol. The lowest BCUT2D eigenvalue weighted by Crippen LogP contribution is -2.44. The van der Waals surface area contributed by atoms with Crippen molar-refractivity contribution in [3.8, 4) is 0 Å². The summed E-state index contributed by atoms with van der Waals surface area (Å²) in [5, 5.41) is 12.8. The molecule has 7 nitrogen and oxygen atoms in total. The minimum atomic E-state index is -4.96. The Hall–Kier alpha value is -2.66. The smallest absolute Gasteiger partial charge is 0.433 e. The Labute approximate surface area is 250 Å². The second kappa shape index (κ2) is 10.8. The number of carboxylic acid groups (broad SMARTS) is 1. The molecule has 5 rings (SSSR count). The van der Waals surface area contributed by atoms with Gasteiger partial charge >= 0.3 is 12.1 Å². The average Bonchev–Trinajstić information content (AvgIpc) is 3.33. The van der Waals surface area contributed by atoms with E-state index in [1.165, 1.54) is 0 Å². The number of hydrogen-bond acceptors (Lipinski definition) is 4. The summed E-state index contributed by atoms with van der Waals surface area (Å²) in [6.45, 7) is 5.22. The summed E-state index contributed by atoms with van der Waals surface area (Å²) in [6, 6.07) is 0.868. The van der Waals surface area contributed by atoms with E-state index in [4.69, 9.17) is 23.2 Å². The van der Waals surface area contributed by atoms with E-state index in [1.54, 1.807) is 6.92 Å². The molecule has 0 radical (unpaired) electrons. The van der Waals surface area contributed by atoms with E-state index < -0.39 is 76.4 Å². The van der Waals surface area contributed by atoms with Crippen LogP contribution in [0.5, 0.6) is 0 Å². The van der Waals surface area contributed by atoms with Gasteiger partial charge in [-0.1, -0.05) is 44.0 Å². The zero-order valence-electron chi connectivity index (χ0n) is 23.2. The topological polar surface area (TPSA) is 92.5 Å². The number of rotatable bonds is 7. The highest BCUT2D eigenvalue weighted by Crippen LogP contribution is 2.67. The van der Waals surface area contributed by atoms with Gasteiger partial charge in [0.05, 0.1) is 45.9 Å². The molecule has 1 aromatic heterocycles. The fourth-order valence-corrected chi connectivity index (χ4v) is 7.88. The van der Waals surface area contributed by atoms with Crippen molar-refractivity contribution in [2.75, 3.05) is 6.54 Å². The van der Waals surface area contributed by atoms with Crippen LogP contribution < -0.4 is 0 Å². The third kappa shape index (κ3) is 5.31. The highest BCUT2D eigenvalue weighted by atomic mass is 35.5. The van der Waals surface area contributed by atoms with Crippen LogP contribution in [0.25, 0.3) is 0 Å². The standard InChI is InChI=1S/C29H31Cl2F4N3O4/c1-13-8-14(4-5-16(13)27(41)42)38-25(29(33,34)35)17(11-36-38)26(40)37(15-9-18-19(10-15)28(18,2)3)12-22(39)23-20(30)6-7-21(32)24(23)31/h6-7,11,13-16,18-19H,4-5,8-10,12H2,1-3H3,(H,41,42)/t13?,14?,15?,16?,18-,19+. The zero-order chi connectivity index (χ0) is 30.9. The first-order chi connectivity index (χ1) is 19.5. The predicted octanol–water partition coefficient (Wildman–Crippen LogP) is 7.17. The number of benzene rings is 1. The van der Waals surface area contributed by atoms with Crippen LogP contribution in [0.2, 0.25) is 10.0 Å². The number of carboxylic acids is 1. The molecule has 6 atom stereocenters. The van der Waals surface area contributed by atoms with Crippen LogP contribution in [-0.2, 0) is 11.0 Å². The van der Waals surface area contributed by atoms with Gasteiger partial charge in [-0.05, 0) is 67.4 Å². The van der Waals surface area contributed by atoms with Crippen molar-refractivity contribution in [1.29, 1.82) is 0 Å². The van der Waals surface area contributed by atoms with E-state index in [2.05, 4.69) is 18.9 Å². The molecule has 4 unspecified atom stereocenters. The molecular formula is C29H31Cl2F4N3O4. The molecule has 0 saturated heterocycles. The molecule has 0 aliphatic heterocycles. The molecule has 0 bridgehead atoms. The van der Waals surface area contributed by atoms with Gasteiger partial charge < -0.3 is 10.0 Å². The third-order valence-electron chi connectivity index (χ3n) is 9.78. The number of ketones is 1. The van der Waals surface area contributed by atoms with Gasteiger partial charge in [0.1, 0.15) is 5.82 Å². The molecule has 3 saturated carbocycles. The second-order valence-electron chi connectivity index (χ2n) is 12.5. The van der Waals surface area contributed by atoms with Crippen LogP contribution in [0.15, 0.2) is 18.3 Å². The van der Waals surface area contributed by atoms with Crippen LogP contribution in [0, 0.1) is 34.9 Å². The van der Waals surface area contributed by atoms with Crippen LogP contribution in [0.1, 0.15) is 85.3 Å². The van der Waals surface area contributed by atoms with Crippen molar-refractivity contribution in [2.24, 2.45) is 29.1 Å². The molecule has 13 heteroatoms. The molecule has 3 aliphatic carbocycles. The van der Waals surface area contributed by atoms with Gasteiger partial charge in [0.2, 0.25) is 0 Å². The SMILES string of the molecule is CC1CC(n2ncc(C(=O)N(CC(=O)c3c(Cl)ccc(F)c3Cl)C3C[C@@H]4[C@H](C3)C4(C)C)c2C(F)(F)F)CCC1C(=O)O. The number of alkyl halides is 3. The number of amides is 1. The van der Waals surface area contributed by atoms with Crippen molar-refractivity contribution in [3.63, 3.8) is 0 Å². The van der Waals surface area contributed by atoms with Gasteiger partial charge in [-0.25, -0.2) is 4.39 Å². The summed E-state index contributed by atoms with van der Waals surface area (Å²) in [4.78, 5) is 40.0. The number of halogens is 6. The lowest BCUT2D eigenvalue weighted by Gasteiger charge is -2.33. The highest BCUT2D eigenvalue weighted by Gasteiger charge is 2.63. The maximum Gasteiger partial charge on any atom is 0.433 e. The molecule has 2 aromatic rings. The molecular weight excluding hydrogens is 601 g/mol. The van der Waals surface area contributed by atoms with E-state index >= 15 is 0 Å². The lowest BCUT2D eigenvalue weighted by atomic mass is 9.78. The van der Waals surface area contributed by atoms with Gasteiger partial charge in [0.25, 0.3) is 5.91 Å². The molecule has 1 aromatic carbocycles. The number of aromatic nitrogens is 2. The first-order valence-electron chi connectivity index (χ1n) is 13.9. The van der Waals surface area contributed by atoms with Crippen LogP contribution in [-0.4, -0.2) is 50.0 Å². The molecule has 1 N–H and O–H groups in total. The molecule has 3 aliphatic rings. The minimum Gasteiger partial charge on any atom is -0.481 e. The van der Waals surface area contributed by atoms with Crippen molar-refractivity contribution >= 4 is 40.9 Å². The van der Waals surface area contributed by atoms with Gasteiger partial charge in [0, 0.05) is 6.04 Å². The summed E-state index contributed by atoms with van der Waals surface area (Å²) in [5.74, 6) is -4.25. The summed E-state index contributed by atoms with van der Waals surface area (Å²) in [6.07, 6.45) is -2.59. The van der Waals surface area contributed by atoms with Crippen LogP contribution in [0.3, 0.4) is 0 Å². The summed E-state index contributed by atoms with van der Waals surface area (Å²) >= 11 is 12.2. The highest BCUT2D eigenvalue weighted by molar-refractivity contribution is 6.40. The summed E-state index contributed by atoms with van der Waals surface area (Å²) in [5.41, 5.74) is -2.23. The largest absolute Gasteiger partial charge is 0.481 e. The van der Waals surface area contributed by atoms with E-state index in [1.807, 2.05) is 0 Å². The Morgan fingerprint density at radius 1 is 1.12 bits per heavy atom. The number of nitrogens with zero attached hydrogens (tertiary/aromatic N) is 3. The second-order valence-corrected chi connectivity index (χ2v) is 13.3. The first kappa shape index (κ1) is 30.8. The predicted molar refractivity (Wildman–Crippen MR) is 146 cm³/mol.